The molecule has 0 saturated heterocycles. The molecule has 0 atom stereocenters. The molecule has 0 bridgehead atoms. The molecule has 0 aromatic carbocycles. The minimum Gasteiger partial charge on any atom is -0.465 e. The molecule has 2 aliphatic rings. The van der Waals surface area contributed by atoms with Crippen LogP contribution in [0.4, 0.5) is 4.79 Å². The quantitative estimate of drug-likeness (QED) is 0.253. The van der Waals surface area contributed by atoms with Crippen LogP contribution in [0.3, 0.4) is 0 Å². The predicted octanol–water partition coefficient (Wildman–Crippen LogP) is 6.72. The summed E-state index contributed by atoms with van der Waals surface area (Å²) in [4.78, 5) is 8.78. The van der Waals surface area contributed by atoms with Gasteiger partial charge in [-0.3, -0.25) is 0 Å². The van der Waals surface area contributed by atoms with Crippen molar-refractivity contribution in [2.75, 3.05) is 0 Å². The highest BCUT2D eigenvalue weighted by molar-refractivity contribution is 5.61. The van der Waals surface area contributed by atoms with E-state index in [0.29, 0.717) is 22.9 Å². The van der Waals surface area contributed by atoms with Crippen LogP contribution in [0.15, 0.2) is 0 Å². The molecule has 2 rings (SSSR count). The van der Waals surface area contributed by atoms with Crippen molar-refractivity contribution in [3.05, 3.63) is 0 Å². The fourth-order valence-electron chi connectivity index (χ4n) is 6.18. The van der Waals surface area contributed by atoms with Crippen LogP contribution in [0.25, 0.3) is 0 Å². The van der Waals surface area contributed by atoms with E-state index in [0.717, 1.165) is 0 Å². The van der Waals surface area contributed by atoms with Gasteiger partial charge in [0, 0.05) is 12.1 Å². The number of carbonyl (C=O) groups is 1. The zero-order valence-electron chi connectivity index (χ0n) is 20.7. The smallest absolute Gasteiger partial charge is 0.402 e. The highest BCUT2D eigenvalue weighted by atomic mass is 16.4. The van der Waals surface area contributed by atoms with Gasteiger partial charge in [-0.25, -0.2) is 4.79 Å². The van der Waals surface area contributed by atoms with Gasteiger partial charge in [0.05, 0.1) is 0 Å². The Bertz CT molecular complexity index is 427. The first-order valence-corrected chi connectivity index (χ1v) is 13.3. The number of hydrogen-bond acceptors (Lipinski definition) is 3. The van der Waals surface area contributed by atoms with E-state index in [1.54, 1.807) is 0 Å². The number of amides is 1. The Hall–Kier alpha value is -0.810. The van der Waals surface area contributed by atoms with Crippen LogP contribution in [0, 0.1) is 10.8 Å². The van der Waals surface area contributed by atoms with Crippen molar-refractivity contribution in [2.24, 2.45) is 28.0 Å². The number of primary amides is 1. The highest BCUT2D eigenvalue weighted by Crippen LogP contribution is 2.54. The molecule has 0 radical (unpaired) electrons. The SMILES string of the molecule is CCCCCCC1(CC2(CCCCCC)CCC(N)CC2)CCC(N)CC1.NC(=O)O. The second kappa shape index (κ2) is 15.1. The predicted molar refractivity (Wildman–Crippen MR) is 132 cm³/mol. The summed E-state index contributed by atoms with van der Waals surface area (Å²) in [6.07, 6.45) is 24.9. The summed E-state index contributed by atoms with van der Waals surface area (Å²) in [6, 6.07) is 0.933. The molecule has 5 heteroatoms. The summed E-state index contributed by atoms with van der Waals surface area (Å²) in [6.45, 7) is 4.65. The van der Waals surface area contributed by atoms with Crippen molar-refractivity contribution >= 4 is 6.09 Å². The lowest BCUT2D eigenvalue weighted by Crippen LogP contribution is -2.41. The van der Waals surface area contributed by atoms with Gasteiger partial charge in [-0.2, -0.15) is 0 Å². The maximum Gasteiger partial charge on any atom is 0.402 e. The molecular formula is C26H53N3O2. The van der Waals surface area contributed by atoms with Gasteiger partial charge in [0.15, 0.2) is 0 Å². The molecular weight excluding hydrogens is 386 g/mol. The second-order valence-electron chi connectivity index (χ2n) is 10.8. The summed E-state index contributed by atoms with van der Waals surface area (Å²) in [7, 11) is 0. The molecule has 0 spiro atoms. The van der Waals surface area contributed by atoms with Crippen LogP contribution >= 0.6 is 0 Å². The van der Waals surface area contributed by atoms with E-state index in [1.807, 2.05) is 0 Å². The number of unbranched alkanes of at least 4 members (excludes halogenated alkanes) is 6. The van der Waals surface area contributed by atoms with Crippen molar-refractivity contribution < 1.29 is 9.90 Å². The van der Waals surface area contributed by atoms with Crippen LogP contribution in [0.1, 0.15) is 136 Å². The minimum absolute atomic E-state index is 0.467. The fourth-order valence-corrected chi connectivity index (χ4v) is 6.18. The largest absolute Gasteiger partial charge is 0.465 e. The normalized spacial score (nSPS) is 31.0. The fraction of sp³-hybridized carbons (Fsp3) is 0.962. The molecule has 0 heterocycles. The van der Waals surface area contributed by atoms with Gasteiger partial charge in [-0.15, -0.1) is 0 Å². The molecule has 1 amide bonds. The van der Waals surface area contributed by atoms with Gasteiger partial charge < -0.3 is 22.3 Å². The molecule has 0 unspecified atom stereocenters. The van der Waals surface area contributed by atoms with E-state index >= 15 is 0 Å². The summed E-state index contributed by atoms with van der Waals surface area (Å²) in [5.74, 6) is 0. The van der Waals surface area contributed by atoms with Crippen LogP contribution < -0.4 is 17.2 Å². The van der Waals surface area contributed by atoms with E-state index in [9.17, 15) is 0 Å². The lowest BCUT2D eigenvalue weighted by molar-refractivity contribution is 0.0313. The van der Waals surface area contributed by atoms with Gasteiger partial charge in [0.2, 0.25) is 0 Å². The van der Waals surface area contributed by atoms with Crippen LogP contribution in [0.5, 0.6) is 0 Å². The standard InChI is InChI=1S/C25H50N2.CH3NO2/c1-3-5-7-9-15-24(17-11-22(26)12-18-24)21-25(16-10-8-6-4-2)19-13-23(27)14-20-25;2-1(3)4/h22-23H,3-21,26-27H2,1-2H3;2H2,(H,3,4). The molecule has 0 aromatic heterocycles. The average Bonchev–Trinajstić information content (AvgIpc) is 2.73. The number of carboxylic acid groups (broad SMARTS) is 1. The van der Waals surface area contributed by atoms with Gasteiger partial charge in [0.25, 0.3) is 0 Å². The third kappa shape index (κ3) is 11.6. The van der Waals surface area contributed by atoms with Crippen molar-refractivity contribution in [2.45, 2.75) is 148 Å². The molecule has 0 aliphatic heterocycles. The van der Waals surface area contributed by atoms with Crippen LogP contribution in [-0.2, 0) is 0 Å². The maximum atomic E-state index is 8.78. The first-order chi connectivity index (χ1) is 14.8. The first-order valence-electron chi connectivity index (χ1n) is 13.3. The Morgan fingerprint density at radius 1 is 0.742 bits per heavy atom. The van der Waals surface area contributed by atoms with E-state index in [1.165, 1.54) is 122 Å². The Balaban J connectivity index is 0.00000110. The summed E-state index contributed by atoms with van der Waals surface area (Å²) < 4.78 is 0. The Morgan fingerprint density at radius 3 is 1.35 bits per heavy atom. The molecule has 5 nitrogen and oxygen atoms in total. The van der Waals surface area contributed by atoms with E-state index in [4.69, 9.17) is 21.4 Å². The molecule has 184 valence electrons. The second-order valence-corrected chi connectivity index (χ2v) is 10.8. The Labute approximate surface area is 192 Å². The monoisotopic (exact) mass is 439 g/mol. The number of rotatable bonds is 12. The minimum atomic E-state index is -1.33. The molecule has 7 N–H and O–H groups in total. The highest BCUT2D eigenvalue weighted by Gasteiger charge is 2.43. The van der Waals surface area contributed by atoms with E-state index in [2.05, 4.69) is 19.6 Å². The van der Waals surface area contributed by atoms with Gasteiger partial charge in [-0.05, 0) is 81.5 Å². The van der Waals surface area contributed by atoms with Crippen molar-refractivity contribution in [3.63, 3.8) is 0 Å². The first kappa shape index (κ1) is 28.2. The molecule has 2 saturated carbocycles. The van der Waals surface area contributed by atoms with Crippen molar-refractivity contribution in [3.8, 4) is 0 Å². The lowest BCUT2D eigenvalue weighted by atomic mass is 9.57. The molecule has 0 aromatic rings. The van der Waals surface area contributed by atoms with E-state index in [-0.39, 0.29) is 0 Å². The van der Waals surface area contributed by atoms with Crippen molar-refractivity contribution in [1.82, 2.24) is 0 Å². The van der Waals surface area contributed by atoms with Crippen LogP contribution in [-0.4, -0.2) is 23.3 Å². The van der Waals surface area contributed by atoms with Gasteiger partial charge in [0.1, 0.15) is 0 Å². The summed E-state index contributed by atoms with van der Waals surface area (Å²) >= 11 is 0. The molecule has 2 fully saturated rings. The average molecular weight is 440 g/mol. The van der Waals surface area contributed by atoms with Crippen LogP contribution in [0.2, 0.25) is 0 Å². The third-order valence-electron chi connectivity index (χ3n) is 8.05. The van der Waals surface area contributed by atoms with Crippen molar-refractivity contribution in [1.29, 1.82) is 0 Å². The third-order valence-corrected chi connectivity index (χ3v) is 8.05. The van der Waals surface area contributed by atoms with Gasteiger partial charge >= 0.3 is 6.09 Å². The summed E-state index contributed by atoms with van der Waals surface area (Å²) in [5, 5.41) is 7.19. The number of hydrogen-bond donors (Lipinski definition) is 4. The molecule has 2 aliphatic carbocycles. The zero-order valence-corrected chi connectivity index (χ0v) is 20.7. The zero-order chi connectivity index (χ0) is 23.2. The van der Waals surface area contributed by atoms with E-state index < -0.39 is 6.09 Å². The number of nitrogens with two attached hydrogens (primary N) is 3. The van der Waals surface area contributed by atoms with Gasteiger partial charge in [-0.1, -0.05) is 65.2 Å². The maximum absolute atomic E-state index is 8.78. The molecule has 31 heavy (non-hydrogen) atoms. The lowest BCUT2D eigenvalue weighted by Gasteiger charge is -2.49. The topological polar surface area (TPSA) is 115 Å². The Morgan fingerprint density at radius 2 is 1.06 bits per heavy atom. The Kier molecular flexibility index (Phi) is 13.8. The summed E-state index contributed by atoms with van der Waals surface area (Å²) in [5.41, 5.74) is 17.8.